The number of ether oxygens (including phenoxy) is 1. The van der Waals surface area contributed by atoms with E-state index in [0.717, 1.165) is 25.7 Å². The van der Waals surface area contributed by atoms with Gasteiger partial charge in [-0.25, -0.2) is 4.79 Å². The number of hydroxylamine groups is 2. The van der Waals surface area contributed by atoms with Crippen LogP contribution < -0.4 is 0 Å². The monoisotopic (exact) mass is 326 g/mol. The van der Waals surface area contributed by atoms with Gasteiger partial charge in [0.1, 0.15) is 5.60 Å². The van der Waals surface area contributed by atoms with Gasteiger partial charge in [0.05, 0.1) is 0 Å². The number of carbonyl (C=O) groups is 1. The minimum atomic E-state index is -0.478. The Kier molecular flexibility index (Phi) is 5.03. The predicted octanol–water partition coefficient (Wildman–Crippen LogP) is 4.32. The van der Waals surface area contributed by atoms with Gasteiger partial charge < -0.3 is 4.74 Å². The molecule has 2 aliphatic rings. The number of hydrogen-bond donors (Lipinski definition) is 0. The van der Waals surface area contributed by atoms with Crippen molar-refractivity contribution in [2.45, 2.75) is 103 Å². The molecule has 2 aliphatic heterocycles. The minimum absolute atomic E-state index is 0.0239. The quantitative estimate of drug-likeness (QED) is 0.758. The number of likely N-dealkylation sites (tertiary alicyclic amines) is 1. The van der Waals surface area contributed by atoms with Crippen molar-refractivity contribution in [3.8, 4) is 0 Å². The Balaban J connectivity index is 2.09. The Morgan fingerprint density at radius 1 is 1.04 bits per heavy atom. The minimum Gasteiger partial charge on any atom is -0.444 e. The SMILES string of the molecule is CC(C)(C)OC(=O)N1CCCC1ON1C(C)(C)CCCC1(C)C. The van der Waals surface area contributed by atoms with Crippen molar-refractivity contribution in [2.24, 2.45) is 0 Å². The van der Waals surface area contributed by atoms with Crippen LogP contribution in [0.25, 0.3) is 0 Å². The fourth-order valence-corrected chi connectivity index (χ4v) is 3.76. The summed E-state index contributed by atoms with van der Waals surface area (Å²) >= 11 is 0. The van der Waals surface area contributed by atoms with Crippen LogP contribution in [0.15, 0.2) is 0 Å². The molecule has 5 heteroatoms. The van der Waals surface area contributed by atoms with E-state index < -0.39 is 5.60 Å². The van der Waals surface area contributed by atoms with Crippen molar-refractivity contribution in [3.05, 3.63) is 0 Å². The van der Waals surface area contributed by atoms with Crippen LogP contribution in [0.4, 0.5) is 4.79 Å². The van der Waals surface area contributed by atoms with Gasteiger partial charge in [-0.2, -0.15) is 5.06 Å². The predicted molar refractivity (Wildman–Crippen MR) is 90.9 cm³/mol. The molecule has 1 unspecified atom stereocenters. The van der Waals surface area contributed by atoms with Crippen LogP contribution in [0.5, 0.6) is 0 Å². The zero-order valence-corrected chi connectivity index (χ0v) is 15.9. The Hall–Kier alpha value is -0.810. The highest BCUT2D eigenvalue weighted by atomic mass is 16.7. The molecule has 2 rings (SSSR count). The molecule has 0 aromatic carbocycles. The largest absolute Gasteiger partial charge is 0.444 e. The third kappa shape index (κ3) is 4.38. The Morgan fingerprint density at radius 2 is 1.61 bits per heavy atom. The second-order valence-electron chi connectivity index (χ2n) is 9.15. The molecule has 0 N–H and O–H groups in total. The standard InChI is InChI=1S/C18H34N2O3/c1-16(2,3)22-15(21)19-13-8-10-14(19)23-20-17(4,5)11-9-12-18(20,6)7/h14H,8-13H2,1-7H3. The van der Waals surface area contributed by atoms with Crippen LogP contribution in [0.3, 0.4) is 0 Å². The van der Waals surface area contributed by atoms with E-state index >= 15 is 0 Å². The molecule has 2 heterocycles. The van der Waals surface area contributed by atoms with Crippen LogP contribution in [0.2, 0.25) is 0 Å². The summed E-state index contributed by atoms with van der Waals surface area (Å²) in [6.45, 7) is 15.3. The summed E-state index contributed by atoms with van der Waals surface area (Å²) in [5.41, 5.74) is -0.526. The lowest BCUT2D eigenvalue weighted by atomic mass is 9.82. The van der Waals surface area contributed by atoms with Crippen LogP contribution in [-0.4, -0.2) is 45.5 Å². The maximum Gasteiger partial charge on any atom is 0.412 e. The zero-order chi connectivity index (χ0) is 17.5. The maximum absolute atomic E-state index is 12.4. The smallest absolute Gasteiger partial charge is 0.412 e. The lowest BCUT2D eigenvalue weighted by Gasteiger charge is -2.52. The first kappa shape index (κ1) is 18.5. The summed E-state index contributed by atoms with van der Waals surface area (Å²) in [6, 6.07) is 0. The fourth-order valence-electron chi connectivity index (χ4n) is 3.76. The van der Waals surface area contributed by atoms with Gasteiger partial charge in [-0.3, -0.25) is 9.74 Å². The van der Waals surface area contributed by atoms with E-state index in [-0.39, 0.29) is 23.4 Å². The molecule has 0 bridgehead atoms. The highest BCUT2D eigenvalue weighted by molar-refractivity contribution is 5.68. The van der Waals surface area contributed by atoms with E-state index in [1.54, 1.807) is 4.90 Å². The Bertz CT molecular complexity index is 424. The molecule has 0 radical (unpaired) electrons. The molecular formula is C18H34N2O3. The highest BCUT2D eigenvalue weighted by Gasteiger charge is 2.45. The molecule has 2 saturated heterocycles. The molecule has 0 aromatic rings. The van der Waals surface area contributed by atoms with Gasteiger partial charge in [0.2, 0.25) is 0 Å². The summed E-state index contributed by atoms with van der Waals surface area (Å²) < 4.78 is 5.53. The molecule has 1 amide bonds. The van der Waals surface area contributed by atoms with Crippen LogP contribution >= 0.6 is 0 Å². The Labute approximate surface area is 141 Å². The molecule has 0 aliphatic carbocycles. The molecule has 5 nitrogen and oxygen atoms in total. The van der Waals surface area contributed by atoms with Gasteiger partial charge in [-0.15, -0.1) is 0 Å². The van der Waals surface area contributed by atoms with E-state index in [2.05, 4.69) is 32.8 Å². The van der Waals surface area contributed by atoms with Crippen LogP contribution in [-0.2, 0) is 9.57 Å². The number of amides is 1. The molecule has 0 aromatic heterocycles. The lowest BCUT2D eigenvalue weighted by Crippen LogP contribution is -2.60. The molecule has 134 valence electrons. The molecule has 1 atom stereocenters. The topological polar surface area (TPSA) is 42.0 Å². The van der Waals surface area contributed by atoms with Gasteiger partial charge in [-0.1, -0.05) is 0 Å². The van der Waals surface area contributed by atoms with Gasteiger partial charge in [0, 0.05) is 17.6 Å². The van der Waals surface area contributed by atoms with Crippen LogP contribution in [0, 0.1) is 0 Å². The third-order valence-corrected chi connectivity index (χ3v) is 4.73. The normalized spacial score (nSPS) is 28.0. The van der Waals surface area contributed by atoms with E-state index in [9.17, 15) is 4.79 Å². The number of rotatable bonds is 2. The summed E-state index contributed by atoms with van der Waals surface area (Å²) in [4.78, 5) is 20.6. The second kappa shape index (κ2) is 6.25. The van der Waals surface area contributed by atoms with Crippen molar-refractivity contribution < 1.29 is 14.4 Å². The lowest BCUT2D eigenvalue weighted by molar-refractivity contribution is -0.320. The summed E-state index contributed by atoms with van der Waals surface area (Å²) in [7, 11) is 0. The van der Waals surface area contributed by atoms with Gasteiger partial charge >= 0.3 is 6.09 Å². The number of piperidine rings is 1. The number of carbonyl (C=O) groups excluding carboxylic acids is 1. The Morgan fingerprint density at radius 3 is 2.13 bits per heavy atom. The van der Waals surface area contributed by atoms with Crippen LogP contribution in [0.1, 0.15) is 80.6 Å². The number of nitrogens with zero attached hydrogens (tertiary/aromatic N) is 2. The van der Waals surface area contributed by atoms with Crippen molar-refractivity contribution in [2.75, 3.05) is 6.54 Å². The molecule has 0 saturated carbocycles. The maximum atomic E-state index is 12.4. The zero-order valence-electron chi connectivity index (χ0n) is 15.9. The molecule has 23 heavy (non-hydrogen) atoms. The van der Waals surface area contributed by atoms with E-state index in [4.69, 9.17) is 9.57 Å². The third-order valence-electron chi connectivity index (χ3n) is 4.73. The average molecular weight is 326 g/mol. The van der Waals surface area contributed by atoms with E-state index in [1.165, 1.54) is 6.42 Å². The van der Waals surface area contributed by atoms with Crippen molar-refractivity contribution in [3.63, 3.8) is 0 Å². The van der Waals surface area contributed by atoms with E-state index in [0.29, 0.717) is 6.54 Å². The van der Waals surface area contributed by atoms with E-state index in [1.807, 2.05) is 20.8 Å². The number of hydrogen-bond acceptors (Lipinski definition) is 4. The van der Waals surface area contributed by atoms with Crippen molar-refractivity contribution in [1.29, 1.82) is 0 Å². The first-order valence-electron chi connectivity index (χ1n) is 8.89. The van der Waals surface area contributed by atoms with Crippen molar-refractivity contribution in [1.82, 2.24) is 9.96 Å². The van der Waals surface area contributed by atoms with Crippen molar-refractivity contribution >= 4 is 6.09 Å². The second-order valence-corrected chi connectivity index (χ2v) is 9.15. The molecule has 0 spiro atoms. The summed E-state index contributed by atoms with van der Waals surface area (Å²) in [5, 5.41) is 2.14. The summed E-state index contributed by atoms with van der Waals surface area (Å²) in [5.74, 6) is 0. The molecule has 2 fully saturated rings. The average Bonchev–Trinajstić information content (AvgIpc) is 2.79. The fraction of sp³-hybridized carbons (Fsp3) is 0.944. The molecular weight excluding hydrogens is 292 g/mol. The van der Waals surface area contributed by atoms with Gasteiger partial charge in [0.15, 0.2) is 6.23 Å². The summed E-state index contributed by atoms with van der Waals surface area (Å²) in [6.07, 6.45) is 4.75. The van der Waals surface area contributed by atoms with Gasteiger partial charge in [0.25, 0.3) is 0 Å². The highest BCUT2D eigenvalue weighted by Crippen LogP contribution is 2.40. The van der Waals surface area contributed by atoms with Gasteiger partial charge in [-0.05, 0) is 80.6 Å². The first-order valence-corrected chi connectivity index (χ1v) is 8.89. The first-order chi connectivity index (χ1) is 10.4.